The summed E-state index contributed by atoms with van der Waals surface area (Å²) in [5.41, 5.74) is 14.1. The molecule has 0 fully saturated rings. The Morgan fingerprint density at radius 2 is 0.921 bits per heavy atom. The molecular formula is C60H40N2O. The van der Waals surface area contributed by atoms with E-state index in [4.69, 9.17) is 11.3 Å². The molecule has 0 bridgehead atoms. The molecule has 0 saturated carbocycles. The molecule has 3 heteroatoms. The van der Waals surface area contributed by atoms with Crippen LogP contribution >= 0.6 is 0 Å². The van der Waals surface area contributed by atoms with E-state index in [0.29, 0.717) is 5.56 Å². The number of para-hydroxylation sites is 3. The van der Waals surface area contributed by atoms with Gasteiger partial charge in [0.1, 0.15) is 11.2 Å². The maximum absolute atomic E-state index is 9.06. The van der Waals surface area contributed by atoms with Crippen molar-refractivity contribution in [2.45, 2.75) is 0 Å². The van der Waals surface area contributed by atoms with E-state index in [1.165, 1.54) is 0 Å². The average Bonchev–Trinajstić information content (AvgIpc) is 3.94. The molecule has 0 saturated heterocycles. The second-order valence-electron chi connectivity index (χ2n) is 15.8. The molecule has 0 N–H and O–H groups in total. The van der Waals surface area contributed by atoms with Crippen molar-refractivity contribution in [3.63, 3.8) is 0 Å². The summed E-state index contributed by atoms with van der Waals surface area (Å²) < 4.78 is 52.4. The maximum atomic E-state index is 9.06. The highest BCUT2D eigenvalue weighted by Crippen LogP contribution is 2.43. The number of benzene rings is 10. The van der Waals surface area contributed by atoms with Crippen molar-refractivity contribution in [2.75, 3.05) is 4.90 Å². The standard InChI is InChI=1S/C60H40N2O/c1-4-15-41(16-5-1)43-27-31-49(32-28-43)61(51-35-36-54-53-21-11-13-26-58(53)63-59(54)40-51)50-33-29-44(30-34-50)46-37-45(42-17-6-2-7-18-42)38-47(39-46)52-23-14-25-57-60(52)55-22-10-12-24-56(55)62(57)48-19-8-3-9-20-48/h1-40H/i2D,6D,7D,17D,18D. The van der Waals surface area contributed by atoms with Crippen LogP contribution in [-0.4, -0.2) is 4.57 Å². The third kappa shape index (κ3) is 6.46. The van der Waals surface area contributed by atoms with Crippen molar-refractivity contribution in [2.24, 2.45) is 0 Å². The first kappa shape index (κ1) is 31.5. The molecule has 2 heterocycles. The fraction of sp³-hybridized carbons (Fsp3) is 0. The van der Waals surface area contributed by atoms with Crippen molar-refractivity contribution in [3.05, 3.63) is 243 Å². The summed E-state index contributed by atoms with van der Waals surface area (Å²) in [5, 5.41) is 4.26. The summed E-state index contributed by atoms with van der Waals surface area (Å²) in [4.78, 5) is 2.23. The van der Waals surface area contributed by atoms with E-state index in [1.54, 1.807) is 0 Å². The number of aromatic nitrogens is 1. The molecule has 296 valence electrons. The monoisotopic (exact) mass is 809 g/mol. The van der Waals surface area contributed by atoms with Crippen LogP contribution in [0.4, 0.5) is 17.1 Å². The lowest BCUT2D eigenvalue weighted by Crippen LogP contribution is -2.09. The van der Waals surface area contributed by atoms with E-state index in [2.05, 4.69) is 155 Å². The number of fused-ring (bicyclic) bond motifs is 6. The van der Waals surface area contributed by atoms with Gasteiger partial charge in [0.2, 0.25) is 0 Å². The number of anilines is 3. The van der Waals surface area contributed by atoms with Crippen molar-refractivity contribution in [3.8, 4) is 50.2 Å². The molecule has 0 amide bonds. The minimum absolute atomic E-state index is 0.153. The highest BCUT2D eigenvalue weighted by Gasteiger charge is 2.19. The van der Waals surface area contributed by atoms with Gasteiger partial charge in [-0.3, -0.25) is 0 Å². The minimum atomic E-state index is -0.423. The van der Waals surface area contributed by atoms with Gasteiger partial charge in [0.25, 0.3) is 0 Å². The molecule has 0 aliphatic heterocycles. The maximum Gasteiger partial charge on any atom is 0.137 e. The number of nitrogens with zero attached hydrogens (tertiary/aromatic N) is 2. The quantitative estimate of drug-likeness (QED) is 0.152. The van der Waals surface area contributed by atoms with Gasteiger partial charge in [0.15, 0.2) is 0 Å². The molecular weight excluding hydrogens is 765 g/mol. The Kier molecular flexibility index (Phi) is 7.62. The van der Waals surface area contributed by atoms with Gasteiger partial charge in [-0.15, -0.1) is 0 Å². The summed E-state index contributed by atoms with van der Waals surface area (Å²) in [6.07, 6.45) is 0. The zero-order chi connectivity index (χ0) is 46.0. The minimum Gasteiger partial charge on any atom is -0.456 e. The lowest BCUT2D eigenvalue weighted by Gasteiger charge is -2.26. The molecule has 0 atom stereocenters. The largest absolute Gasteiger partial charge is 0.456 e. The summed E-state index contributed by atoms with van der Waals surface area (Å²) >= 11 is 0. The van der Waals surface area contributed by atoms with Gasteiger partial charge in [0.05, 0.1) is 17.9 Å². The molecule has 0 spiro atoms. The van der Waals surface area contributed by atoms with Crippen LogP contribution in [0.5, 0.6) is 0 Å². The molecule has 63 heavy (non-hydrogen) atoms. The molecule has 0 radical (unpaired) electrons. The first-order valence-electron chi connectivity index (χ1n) is 23.6. The number of rotatable bonds is 8. The Labute approximate surface area is 373 Å². The first-order chi connectivity index (χ1) is 33.3. The lowest BCUT2D eigenvalue weighted by atomic mass is 9.91. The van der Waals surface area contributed by atoms with Crippen molar-refractivity contribution in [1.82, 2.24) is 4.57 Å². The van der Waals surface area contributed by atoms with Gasteiger partial charge < -0.3 is 13.9 Å². The van der Waals surface area contributed by atoms with Crippen molar-refractivity contribution >= 4 is 60.8 Å². The third-order valence-electron chi connectivity index (χ3n) is 12.1. The Hall–Kier alpha value is -8.40. The predicted octanol–water partition coefficient (Wildman–Crippen LogP) is 16.8. The van der Waals surface area contributed by atoms with Crippen LogP contribution in [0.15, 0.2) is 247 Å². The third-order valence-corrected chi connectivity index (χ3v) is 12.1. The van der Waals surface area contributed by atoms with Crippen LogP contribution in [0.25, 0.3) is 93.9 Å². The molecule has 0 aliphatic rings. The fourth-order valence-corrected chi connectivity index (χ4v) is 9.14. The number of furan rings is 1. The summed E-state index contributed by atoms with van der Waals surface area (Å²) in [6, 6.07) is 71.2. The van der Waals surface area contributed by atoms with Crippen LogP contribution in [-0.2, 0) is 0 Å². The van der Waals surface area contributed by atoms with Gasteiger partial charge in [-0.1, -0.05) is 152 Å². The summed E-state index contributed by atoms with van der Waals surface area (Å²) in [5.74, 6) is 0. The number of hydrogen-bond acceptors (Lipinski definition) is 2. The summed E-state index contributed by atoms with van der Waals surface area (Å²) in [7, 11) is 0. The molecule has 0 aliphatic carbocycles. The van der Waals surface area contributed by atoms with Gasteiger partial charge in [0, 0.05) is 50.4 Å². The van der Waals surface area contributed by atoms with Crippen LogP contribution < -0.4 is 4.90 Å². The second kappa shape index (κ2) is 15.3. The molecule has 12 rings (SSSR count). The number of hydrogen-bond donors (Lipinski definition) is 0. The average molecular weight is 810 g/mol. The van der Waals surface area contributed by atoms with E-state index in [9.17, 15) is 0 Å². The second-order valence-corrected chi connectivity index (χ2v) is 15.8. The molecule has 3 nitrogen and oxygen atoms in total. The van der Waals surface area contributed by atoms with Gasteiger partial charge in [-0.05, 0) is 129 Å². The van der Waals surface area contributed by atoms with E-state index in [-0.39, 0.29) is 29.7 Å². The van der Waals surface area contributed by atoms with Crippen LogP contribution in [0, 0.1) is 0 Å². The predicted molar refractivity (Wildman–Crippen MR) is 264 cm³/mol. The molecule has 12 aromatic rings. The SMILES string of the molecule is [2H]c1c([2H])c([2H])c(-c2cc(-c3ccc(N(c4ccc(-c5ccccc5)cc4)c4ccc5c(c4)oc4ccccc45)cc3)cc(-c3cccc4c3c3ccccc3n4-c3ccccc3)c2)c([2H])c1[2H]. The van der Waals surface area contributed by atoms with E-state index in [0.717, 1.165) is 99.9 Å². The first-order valence-corrected chi connectivity index (χ1v) is 21.1. The Morgan fingerprint density at radius 1 is 0.365 bits per heavy atom. The summed E-state index contributed by atoms with van der Waals surface area (Å²) in [6.45, 7) is 0. The highest BCUT2D eigenvalue weighted by atomic mass is 16.3. The van der Waals surface area contributed by atoms with Gasteiger partial charge >= 0.3 is 0 Å². The van der Waals surface area contributed by atoms with E-state index < -0.39 is 6.04 Å². The lowest BCUT2D eigenvalue weighted by molar-refractivity contribution is 0.669. The zero-order valence-corrected chi connectivity index (χ0v) is 34.0. The Bertz CT molecular complexity index is 3870. The fourth-order valence-electron chi connectivity index (χ4n) is 9.14. The van der Waals surface area contributed by atoms with E-state index >= 15 is 0 Å². The highest BCUT2D eigenvalue weighted by molar-refractivity contribution is 6.16. The molecule has 0 unspecified atom stereocenters. The van der Waals surface area contributed by atoms with Crippen LogP contribution in [0.3, 0.4) is 0 Å². The van der Waals surface area contributed by atoms with Crippen LogP contribution in [0.2, 0.25) is 0 Å². The van der Waals surface area contributed by atoms with Crippen molar-refractivity contribution in [1.29, 1.82) is 0 Å². The Morgan fingerprint density at radius 3 is 1.67 bits per heavy atom. The Balaban J connectivity index is 1.03. The van der Waals surface area contributed by atoms with Crippen molar-refractivity contribution < 1.29 is 11.3 Å². The topological polar surface area (TPSA) is 21.3 Å². The zero-order valence-electron chi connectivity index (χ0n) is 39.0. The molecule has 2 aromatic heterocycles. The molecule has 10 aromatic carbocycles. The van der Waals surface area contributed by atoms with Gasteiger partial charge in [-0.2, -0.15) is 0 Å². The smallest absolute Gasteiger partial charge is 0.137 e. The van der Waals surface area contributed by atoms with E-state index in [1.807, 2.05) is 66.7 Å². The van der Waals surface area contributed by atoms with Crippen LogP contribution in [0.1, 0.15) is 6.85 Å². The van der Waals surface area contributed by atoms with Gasteiger partial charge in [-0.25, -0.2) is 0 Å². The normalized spacial score (nSPS) is 12.6.